The van der Waals surface area contributed by atoms with Crippen molar-refractivity contribution in [2.24, 2.45) is 0 Å². The first kappa shape index (κ1) is 18.3. The standard InChI is InChI=1S/C22H16O5S/c1-14-8-10-17(11-9-14)28(25,26)27-13-16-12-20(23)18-6-2-4-15-5-3-7-19(21(15)18)22(16)24/h2-12H,13H2,1H3. The Balaban J connectivity index is 1.69. The summed E-state index contributed by atoms with van der Waals surface area (Å²) >= 11 is 0. The molecule has 1 aliphatic rings. The molecule has 0 radical (unpaired) electrons. The van der Waals surface area contributed by atoms with Gasteiger partial charge in [-0.15, -0.1) is 0 Å². The summed E-state index contributed by atoms with van der Waals surface area (Å²) in [6.45, 7) is 1.33. The van der Waals surface area contributed by atoms with E-state index in [9.17, 15) is 18.0 Å². The van der Waals surface area contributed by atoms with E-state index in [1.807, 2.05) is 19.1 Å². The van der Waals surface area contributed by atoms with Gasteiger partial charge in [0.15, 0.2) is 11.6 Å². The quantitative estimate of drug-likeness (QED) is 0.630. The molecule has 6 heteroatoms. The fraction of sp³-hybridized carbons (Fsp3) is 0.0909. The van der Waals surface area contributed by atoms with Crippen molar-refractivity contribution in [1.82, 2.24) is 0 Å². The second kappa shape index (κ2) is 6.82. The van der Waals surface area contributed by atoms with Gasteiger partial charge in [0.25, 0.3) is 10.1 Å². The van der Waals surface area contributed by atoms with E-state index in [1.54, 1.807) is 36.4 Å². The molecule has 0 unspecified atom stereocenters. The maximum Gasteiger partial charge on any atom is 0.297 e. The van der Waals surface area contributed by atoms with Crippen molar-refractivity contribution in [1.29, 1.82) is 0 Å². The lowest BCUT2D eigenvalue weighted by Gasteiger charge is -2.09. The Kier molecular flexibility index (Phi) is 4.45. The SMILES string of the molecule is Cc1ccc(S(=O)(=O)OCC2=CC(=O)c3cccc4cccc(c34)C2=O)cc1. The monoisotopic (exact) mass is 392 g/mol. The molecular formula is C22H16O5S. The van der Waals surface area contributed by atoms with Gasteiger partial charge < -0.3 is 0 Å². The van der Waals surface area contributed by atoms with Gasteiger partial charge in [-0.2, -0.15) is 8.42 Å². The molecule has 0 spiro atoms. The summed E-state index contributed by atoms with van der Waals surface area (Å²) in [5.41, 5.74) is 1.70. The molecule has 28 heavy (non-hydrogen) atoms. The van der Waals surface area contributed by atoms with Crippen molar-refractivity contribution in [3.05, 3.63) is 89.0 Å². The van der Waals surface area contributed by atoms with Crippen LogP contribution in [-0.4, -0.2) is 26.6 Å². The van der Waals surface area contributed by atoms with Crippen LogP contribution in [-0.2, 0) is 14.3 Å². The highest BCUT2D eigenvalue weighted by Gasteiger charge is 2.26. The molecular weight excluding hydrogens is 376 g/mol. The van der Waals surface area contributed by atoms with Crippen LogP contribution in [0.25, 0.3) is 10.8 Å². The van der Waals surface area contributed by atoms with Crippen LogP contribution in [0.15, 0.2) is 77.2 Å². The summed E-state index contributed by atoms with van der Waals surface area (Å²) in [5.74, 6) is -0.766. The second-order valence-electron chi connectivity index (χ2n) is 6.60. The summed E-state index contributed by atoms with van der Waals surface area (Å²) in [5, 5.41) is 1.35. The van der Waals surface area contributed by atoms with Crippen LogP contribution in [0.1, 0.15) is 26.3 Å². The lowest BCUT2D eigenvalue weighted by molar-refractivity contribution is 0.100. The molecule has 0 aliphatic heterocycles. The zero-order valence-corrected chi connectivity index (χ0v) is 15.8. The van der Waals surface area contributed by atoms with Gasteiger partial charge in [0, 0.05) is 22.1 Å². The largest absolute Gasteiger partial charge is 0.297 e. The molecule has 0 fully saturated rings. The molecule has 4 rings (SSSR count). The first-order valence-electron chi connectivity index (χ1n) is 8.64. The molecule has 0 heterocycles. The molecule has 0 amide bonds. The summed E-state index contributed by atoms with van der Waals surface area (Å²) in [4.78, 5) is 25.6. The van der Waals surface area contributed by atoms with Crippen LogP contribution in [0.4, 0.5) is 0 Å². The average molecular weight is 392 g/mol. The van der Waals surface area contributed by atoms with Crippen LogP contribution in [0.5, 0.6) is 0 Å². The predicted octanol–water partition coefficient (Wildman–Crippen LogP) is 3.86. The third kappa shape index (κ3) is 3.17. The Morgan fingerprint density at radius 2 is 1.50 bits per heavy atom. The van der Waals surface area contributed by atoms with Crippen molar-refractivity contribution < 1.29 is 22.2 Å². The molecule has 0 bridgehead atoms. The van der Waals surface area contributed by atoms with Crippen LogP contribution in [0, 0.1) is 6.92 Å². The molecule has 1 aliphatic carbocycles. The molecule has 0 atom stereocenters. The minimum Gasteiger partial charge on any atom is -0.289 e. The Hall–Kier alpha value is -3.09. The van der Waals surface area contributed by atoms with Gasteiger partial charge in [-0.3, -0.25) is 13.8 Å². The van der Waals surface area contributed by atoms with E-state index in [-0.39, 0.29) is 16.3 Å². The molecule has 140 valence electrons. The van der Waals surface area contributed by atoms with Crippen molar-refractivity contribution >= 4 is 32.5 Å². The molecule has 0 N–H and O–H groups in total. The molecule has 0 saturated carbocycles. The van der Waals surface area contributed by atoms with Gasteiger partial charge in [0.1, 0.15) is 0 Å². The van der Waals surface area contributed by atoms with Gasteiger partial charge >= 0.3 is 0 Å². The number of allylic oxidation sites excluding steroid dienone is 1. The van der Waals surface area contributed by atoms with Crippen molar-refractivity contribution in [2.75, 3.05) is 6.61 Å². The lowest BCUT2D eigenvalue weighted by atomic mass is 9.96. The third-order valence-electron chi connectivity index (χ3n) is 4.69. The van der Waals surface area contributed by atoms with E-state index in [2.05, 4.69) is 0 Å². The number of carbonyl (C=O) groups is 2. The number of carbonyl (C=O) groups excluding carboxylic acids is 2. The van der Waals surface area contributed by atoms with E-state index < -0.39 is 22.5 Å². The minimum atomic E-state index is -4.05. The summed E-state index contributed by atoms with van der Waals surface area (Å²) in [6, 6.07) is 16.6. The molecule has 3 aromatic carbocycles. The number of benzene rings is 3. The number of rotatable bonds is 4. The van der Waals surface area contributed by atoms with Crippen molar-refractivity contribution in [3.8, 4) is 0 Å². The molecule has 3 aromatic rings. The summed E-state index contributed by atoms with van der Waals surface area (Å²) in [6.07, 6.45) is 1.17. The highest BCUT2D eigenvalue weighted by molar-refractivity contribution is 7.86. The van der Waals surface area contributed by atoms with E-state index >= 15 is 0 Å². The van der Waals surface area contributed by atoms with Crippen molar-refractivity contribution in [2.45, 2.75) is 11.8 Å². The Morgan fingerprint density at radius 3 is 2.18 bits per heavy atom. The van der Waals surface area contributed by atoms with E-state index in [4.69, 9.17) is 4.18 Å². The molecule has 5 nitrogen and oxygen atoms in total. The highest BCUT2D eigenvalue weighted by Crippen LogP contribution is 2.29. The van der Waals surface area contributed by atoms with E-state index in [0.29, 0.717) is 16.5 Å². The first-order valence-corrected chi connectivity index (χ1v) is 10.0. The number of hydrogen-bond donors (Lipinski definition) is 0. The lowest BCUT2D eigenvalue weighted by Crippen LogP contribution is -2.14. The van der Waals surface area contributed by atoms with Crippen molar-refractivity contribution in [3.63, 3.8) is 0 Å². The maximum atomic E-state index is 13.0. The molecule has 0 saturated heterocycles. The predicted molar refractivity (Wildman–Crippen MR) is 105 cm³/mol. The maximum absolute atomic E-state index is 13.0. The number of aryl methyl sites for hydroxylation is 1. The van der Waals surface area contributed by atoms with Crippen LogP contribution >= 0.6 is 0 Å². The highest BCUT2D eigenvalue weighted by atomic mass is 32.2. The topological polar surface area (TPSA) is 77.5 Å². The normalized spacial score (nSPS) is 14.1. The van der Waals surface area contributed by atoms with Gasteiger partial charge in [-0.05, 0) is 30.5 Å². The smallest absolute Gasteiger partial charge is 0.289 e. The minimum absolute atomic E-state index is 0.00325. The van der Waals surface area contributed by atoms with Crippen LogP contribution in [0.2, 0.25) is 0 Å². The Labute approximate surface area is 162 Å². The summed E-state index contributed by atoms with van der Waals surface area (Å²) in [7, 11) is -4.05. The number of ketones is 2. The Morgan fingerprint density at radius 1 is 0.857 bits per heavy atom. The van der Waals surface area contributed by atoms with E-state index in [0.717, 1.165) is 10.9 Å². The fourth-order valence-corrected chi connectivity index (χ4v) is 4.12. The van der Waals surface area contributed by atoms with Crippen LogP contribution in [0.3, 0.4) is 0 Å². The third-order valence-corrected chi connectivity index (χ3v) is 5.97. The second-order valence-corrected chi connectivity index (χ2v) is 8.22. The van der Waals surface area contributed by atoms with Gasteiger partial charge in [0.2, 0.25) is 0 Å². The number of hydrogen-bond acceptors (Lipinski definition) is 5. The summed E-state index contributed by atoms with van der Waals surface area (Å²) < 4.78 is 29.9. The average Bonchev–Trinajstić information content (AvgIpc) is 2.79. The van der Waals surface area contributed by atoms with E-state index in [1.165, 1.54) is 18.2 Å². The van der Waals surface area contributed by atoms with Crippen LogP contribution < -0.4 is 0 Å². The Bertz CT molecular complexity index is 1250. The zero-order chi connectivity index (χ0) is 19.9. The zero-order valence-electron chi connectivity index (χ0n) is 15.0. The number of Topliss-reactive ketones (excluding diaryl/α,β-unsaturated/α-hetero) is 1. The first-order chi connectivity index (χ1) is 13.4. The fourth-order valence-electron chi connectivity index (χ4n) is 3.23. The molecule has 0 aromatic heterocycles. The van der Waals surface area contributed by atoms with Gasteiger partial charge in [-0.25, -0.2) is 0 Å². The van der Waals surface area contributed by atoms with Gasteiger partial charge in [-0.1, -0.05) is 54.1 Å². The van der Waals surface area contributed by atoms with Gasteiger partial charge in [0.05, 0.1) is 11.5 Å².